The maximum atomic E-state index is 13.4. The Kier molecular flexibility index (Phi) is 5.07. The smallest absolute Gasteiger partial charge is 0.254 e. The van der Waals surface area contributed by atoms with Gasteiger partial charge in [0.2, 0.25) is 0 Å². The minimum atomic E-state index is 0.193. The molecule has 2 aliphatic rings. The van der Waals surface area contributed by atoms with Gasteiger partial charge in [0.1, 0.15) is 0 Å². The zero-order valence-corrected chi connectivity index (χ0v) is 15.6. The van der Waals surface area contributed by atoms with Gasteiger partial charge in [-0.25, -0.2) is 0 Å². The van der Waals surface area contributed by atoms with Gasteiger partial charge in [0, 0.05) is 24.1 Å². The maximum Gasteiger partial charge on any atom is 0.254 e. The largest absolute Gasteiger partial charge is 0.333 e. The van der Waals surface area contributed by atoms with Crippen LogP contribution in [-0.2, 0) is 0 Å². The Balaban J connectivity index is 1.73. The average molecular weight is 348 g/mol. The minimum Gasteiger partial charge on any atom is -0.333 e. The second-order valence-corrected chi connectivity index (χ2v) is 7.70. The molecule has 0 N–H and O–H groups in total. The van der Waals surface area contributed by atoms with Gasteiger partial charge in [-0.05, 0) is 50.6 Å². The quantitative estimate of drug-likeness (QED) is 0.813. The molecule has 1 amide bonds. The number of likely N-dealkylation sites (N-methyl/N-ethyl adjacent to an activating group) is 1. The van der Waals surface area contributed by atoms with Crippen molar-refractivity contribution in [3.05, 3.63) is 71.8 Å². The molecule has 3 atom stereocenters. The first kappa shape index (κ1) is 17.3. The van der Waals surface area contributed by atoms with Crippen LogP contribution in [0.4, 0.5) is 0 Å². The molecule has 0 aliphatic carbocycles. The van der Waals surface area contributed by atoms with E-state index >= 15 is 0 Å². The Labute approximate surface area is 156 Å². The predicted octanol–water partition coefficient (Wildman–Crippen LogP) is 4.17. The second kappa shape index (κ2) is 7.63. The fraction of sp³-hybridized carbons (Fsp3) is 0.435. The van der Waals surface area contributed by atoms with E-state index in [1.54, 1.807) is 0 Å². The number of fused-ring (bicyclic) bond motifs is 1. The number of piperidine rings is 1. The van der Waals surface area contributed by atoms with Crippen molar-refractivity contribution in [1.82, 2.24) is 9.80 Å². The van der Waals surface area contributed by atoms with E-state index in [9.17, 15) is 4.79 Å². The van der Waals surface area contributed by atoms with Gasteiger partial charge >= 0.3 is 0 Å². The highest BCUT2D eigenvalue weighted by atomic mass is 16.2. The molecular weight excluding hydrogens is 320 g/mol. The molecule has 2 aromatic carbocycles. The minimum absolute atomic E-state index is 0.193. The lowest BCUT2D eigenvalue weighted by molar-refractivity contribution is 0.0346. The van der Waals surface area contributed by atoms with Gasteiger partial charge in [0.15, 0.2) is 0 Å². The first-order chi connectivity index (χ1) is 12.8. The summed E-state index contributed by atoms with van der Waals surface area (Å²) in [5, 5.41) is 0. The van der Waals surface area contributed by atoms with Crippen LogP contribution in [0.3, 0.4) is 0 Å². The number of carbonyl (C=O) groups is 1. The summed E-state index contributed by atoms with van der Waals surface area (Å²) in [4.78, 5) is 18.1. The average Bonchev–Trinajstić information content (AvgIpc) is 2.93. The van der Waals surface area contributed by atoms with Gasteiger partial charge in [-0.1, -0.05) is 55.0 Å². The number of likely N-dealkylation sites (tertiary alicyclic amines) is 2. The van der Waals surface area contributed by atoms with Gasteiger partial charge in [-0.2, -0.15) is 0 Å². The molecule has 0 radical (unpaired) electrons. The molecule has 0 aromatic heterocycles. The van der Waals surface area contributed by atoms with E-state index in [0.717, 1.165) is 31.5 Å². The van der Waals surface area contributed by atoms with Crippen molar-refractivity contribution in [3.8, 4) is 0 Å². The van der Waals surface area contributed by atoms with E-state index in [-0.39, 0.29) is 11.9 Å². The molecule has 0 unspecified atom stereocenters. The molecule has 2 aromatic rings. The monoisotopic (exact) mass is 348 g/mol. The SMILES string of the molecule is CN1CC[C@H](c2ccccc2)[C@@H]2[C@H]1CCCCN2C(=O)c1ccccc1. The highest BCUT2D eigenvalue weighted by Gasteiger charge is 2.43. The van der Waals surface area contributed by atoms with Crippen LogP contribution in [0.1, 0.15) is 47.5 Å². The molecule has 3 heteroatoms. The maximum absolute atomic E-state index is 13.4. The van der Waals surface area contributed by atoms with Crippen molar-refractivity contribution in [3.63, 3.8) is 0 Å². The van der Waals surface area contributed by atoms with Crippen molar-refractivity contribution in [2.45, 2.75) is 43.7 Å². The summed E-state index contributed by atoms with van der Waals surface area (Å²) in [6.45, 7) is 1.97. The van der Waals surface area contributed by atoms with Crippen LogP contribution in [0, 0.1) is 0 Å². The van der Waals surface area contributed by atoms with Gasteiger partial charge in [-0.3, -0.25) is 4.79 Å². The van der Waals surface area contributed by atoms with E-state index in [4.69, 9.17) is 0 Å². The lowest BCUT2D eigenvalue weighted by Gasteiger charge is -2.48. The normalized spacial score (nSPS) is 26.8. The molecule has 3 nitrogen and oxygen atoms in total. The van der Waals surface area contributed by atoms with Crippen molar-refractivity contribution in [2.75, 3.05) is 20.1 Å². The molecule has 0 bridgehead atoms. The molecule has 2 fully saturated rings. The Hall–Kier alpha value is -2.13. The van der Waals surface area contributed by atoms with Crippen LogP contribution in [0.25, 0.3) is 0 Å². The third kappa shape index (κ3) is 3.28. The first-order valence-corrected chi connectivity index (χ1v) is 9.87. The lowest BCUT2D eigenvalue weighted by Crippen LogP contribution is -2.58. The van der Waals surface area contributed by atoms with Crippen molar-refractivity contribution in [2.24, 2.45) is 0 Å². The molecule has 2 saturated heterocycles. The first-order valence-electron chi connectivity index (χ1n) is 9.87. The van der Waals surface area contributed by atoms with Crippen LogP contribution in [0.15, 0.2) is 60.7 Å². The molecule has 136 valence electrons. The molecule has 0 saturated carbocycles. The summed E-state index contributed by atoms with van der Waals surface area (Å²) in [7, 11) is 2.23. The van der Waals surface area contributed by atoms with Gasteiger partial charge in [0.05, 0.1) is 6.04 Å². The fourth-order valence-corrected chi connectivity index (χ4v) is 4.86. The Morgan fingerprint density at radius 3 is 2.31 bits per heavy atom. The number of amides is 1. The topological polar surface area (TPSA) is 23.6 Å². The summed E-state index contributed by atoms with van der Waals surface area (Å²) in [6.07, 6.45) is 4.59. The summed E-state index contributed by atoms with van der Waals surface area (Å²) in [5.74, 6) is 0.613. The van der Waals surface area contributed by atoms with E-state index in [0.29, 0.717) is 12.0 Å². The zero-order valence-electron chi connectivity index (χ0n) is 15.6. The summed E-state index contributed by atoms with van der Waals surface area (Å²) in [5.41, 5.74) is 2.19. The fourth-order valence-electron chi connectivity index (χ4n) is 4.86. The number of hydrogen-bond donors (Lipinski definition) is 0. The van der Waals surface area contributed by atoms with Crippen LogP contribution in [0.5, 0.6) is 0 Å². The van der Waals surface area contributed by atoms with Crippen molar-refractivity contribution in [1.29, 1.82) is 0 Å². The molecule has 26 heavy (non-hydrogen) atoms. The van der Waals surface area contributed by atoms with Gasteiger partial charge in [0.25, 0.3) is 5.91 Å². The molecule has 4 rings (SSSR count). The molecule has 2 heterocycles. The summed E-state index contributed by atoms with van der Waals surface area (Å²) >= 11 is 0. The van der Waals surface area contributed by atoms with Crippen LogP contribution < -0.4 is 0 Å². The number of nitrogens with zero attached hydrogens (tertiary/aromatic N) is 2. The van der Waals surface area contributed by atoms with E-state index in [2.05, 4.69) is 47.2 Å². The van der Waals surface area contributed by atoms with Crippen molar-refractivity contribution < 1.29 is 4.79 Å². The van der Waals surface area contributed by atoms with Crippen LogP contribution in [0.2, 0.25) is 0 Å². The Bertz CT molecular complexity index is 730. The number of benzene rings is 2. The highest BCUT2D eigenvalue weighted by molar-refractivity contribution is 5.94. The third-order valence-corrected chi connectivity index (χ3v) is 6.18. The summed E-state index contributed by atoms with van der Waals surface area (Å²) in [6, 6.07) is 21.3. The van der Waals surface area contributed by atoms with E-state index < -0.39 is 0 Å². The van der Waals surface area contributed by atoms with E-state index in [1.807, 2.05) is 30.3 Å². The number of rotatable bonds is 2. The van der Waals surface area contributed by atoms with Crippen LogP contribution >= 0.6 is 0 Å². The Morgan fingerprint density at radius 1 is 0.885 bits per heavy atom. The van der Waals surface area contributed by atoms with E-state index in [1.165, 1.54) is 18.4 Å². The summed E-state index contributed by atoms with van der Waals surface area (Å²) < 4.78 is 0. The van der Waals surface area contributed by atoms with Gasteiger partial charge < -0.3 is 9.80 Å². The highest BCUT2D eigenvalue weighted by Crippen LogP contribution is 2.38. The Morgan fingerprint density at radius 2 is 1.58 bits per heavy atom. The standard InChI is InChI=1S/C23H28N2O/c1-24-17-15-20(18-10-4-2-5-11-18)22-21(24)14-8-9-16-25(22)23(26)19-12-6-3-7-13-19/h2-7,10-13,20-22H,8-9,14-17H2,1H3/t20-,21-,22-/m1/s1. The zero-order chi connectivity index (χ0) is 17.9. The molecular formula is C23H28N2O. The predicted molar refractivity (Wildman–Crippen MR) is 105 cm³/mol. The van der Waals surface area contributed by atoms with Crippen molar-refractivity contribution >= 4 is 5.91 Å². The second-order valence-electron chi connectivity index (χ2n) is 7.70. The van der Waals surface area contributed by atoms with Gasteiger partial charge in [-0.15, -0.1) is 0 Å². The third-order valence-electron chi connectivity index (χ3n) is 6.18. The number of carbonyl (C=O) groups excluding carboxylic acids is 1. The lowest BCUT2D eigenvalue weighted by atomic mass is 9.79. The molecule has 0 spiro atoms. The molecule has 2 aliphatic heterocycles. The van der Waals surface area contributed by atoms with Crippen LogP contribution in [-0.4, -0.2) is 47.9 Å². The number of hydrogen-bond acceptors (Lipinski definition) is 2.